The molecule has 0 spiro atoms. The van der Waals surface area contributed by atoms with Crippen molar-refractivity contribution in [2.45, 2.75) is 19.5 Å². The summed E-state index contributed by atoms with van der Waals surface area (Å²) < 4.78 is 13.2. The molecule has 1 aromatic heterocycles. The summed E-state index contributed by atoms with van der Waals surface area (Å²) in [5, 5.41) is 4.41. The Bertz CT molecular complexity index is 1290. The number of nitrogens with zero attached hydrogens (tertiary/aromatic N) is 3. The molecule has 0 N–H and O–H groups in total. The number of benzene rings is 3. The molecular formula is C29H23FIrN3. The van der Waals surface area contributed by atoms with E-state index in [0.717, 1.165) is 35.3 Å². The Morgan fingerprint density at radius 3 is 2.68 bits per heavy atom. The minimum atomic E-state index is -0.273. The average molecular weight is 625 g/mol. The van der Waals surface area contributed by atoms with Crippen molar-refractivity contribution in [3.8, 4) is 22.4 Å². The number of pyridine rings is 1. The Kier molecular flexibility index (Phi) is 7.56. The third-order valence-corrected chi connectivity index (χ3v) is 5.91. The van der Waals surface area contributed by atoms with Gasteiger partial charge in [-0.25, -0.2) is 4.39 Å². The van der Waals surface area contributed by atoms with E-state index in [4.69, 9.17) is 0 Å². The normalized spacial score (nSPS) is 15.2. The molecule has 4 aromatic rings. The van der Waals surface area contributed by atoms with Crippen LogP contribution in [0.1, 0.15) is 22.9 Å². The van der Waals surface area contributed by atoms with Crippen molar-refractivity contribution in [3.63, 3.8) is 0 Å². The number of aromatic nitrogens is 1. The van der Waals surface area contributed by atoms with Crippen LogP contribution in [0.15, 0.2) is 91.4 Å². The summed E-state index contributed by atoms with van der Waals surface area (Å²) in [6.07, 6.45) is 7.11. The molecule has 1 atom stereocenters. The van der Waals surface area contributed by atoms with Crippen molar-refractivity contribution in [1.82, 2.24) is 9.88 Å². The molecule has 6 rings (SSSR count). The summed E-state index contributed by atoms with van der Waals surface area (Å²) in [6.45, 7) is 3.11. The fraction of sp³-hybridized carbons (Fsp3) is 0.138. The maximum atomic E-state index is 13.2. The van der Waals surface area contributed by atoms with Gasteiger partial charge in [0.15, 0.2) is 0 Å². The molecule has 0 aliphatic carbocycles. The minimum absolute atomic E-state index is 0. The Morgan fingerprint density at radius 2 is 1.88 bits per heavy atom. The zero-order valence-electron chi connectivity index (χ0n) is 18.7. The summed E-state index contributed by atoms with van der Waals surface area (Å²) >= 11 is 0. The molecule has 0 saturated heterocycles. The average Bonchev–Trinajstić information content (AvgIpc) is 3.35. The first kappa shape index (κ1) is 23.9. The van der Waals surface area contributed by atoms with Crippen molar-refractivity contribution in [2.24, 2.45) is 0 Å². The molecular weight excluding hydrogens is 602 g/mol. The molecule has 2 aliphatic rings. The molecule has 3 nitrogen and oxygen atoms in total. The van der Waals surface area contributed by atoms with E-state index in [1.807, 2.05) is 49.7 Å². The Labute approximate surface area is 213 Å². The summed E-state index contributed by atoms with van der Waals surface area (Å²) in [6, 6.07) is 29.0. The van der Waals surface area contributed by atoms with Gasteiger partial charge in [0.05, 0.1) is 0 Å². The molecule has 5 heteroatoms. The van der Waals surface area contributed by atoms with Gasteiger partial charge in [-0.2, -0.15) is 41.6 Å². The van der Waals surface area contributed by atoms with Crippen LogP contribution in [-0.4, -0.2) is 16.4 Å². The zero-order chi connectivity index (χ0) is 22.6. The van der Waals surface area contributed by atoms with E-state index in [2.05, 4.69) is 57.8 Å². The van der Waals surface area contributed by atoms with Gasteiger partial charge in [-0.3, -0.25) is 0 Å². The Hall–Kier alpha value is -3.27. The van der Waals surface area contributed by atoms with Crippen LogP contribution < -0.4 is 0 Å². The number of hydrogen-bond acceptors (Lipinski definition) is 2. The van der Waals surface area contributed by atoms with Crippen molar-refractivity contribution in [3.05, 3.63) is 131 Å². The molecule has 34 heavy (non-hydrogen) atoms. The first-order valence-corrected chi connectivity index (χ1v) is 11.0. The minimum Gasteiger partial charge on any atom is -0.668 e. The second kappa shape index (κ2) is 10.8. The second-order valence-electron chi connectivity index (χ2n) is 8.09. The largest absolute Gasteiger partial charge is 3.00 e. The van der Waals surface area contributed by atoms with E-state index in [-0.39, 0.29) is 32.1 Å². The van der Waals surface area contributed by atoms with Gasteiger partial charge < -0.3 is 15.2 Å². The van der Waals surface area contributed by atoms with E-state index >= 15 is 0 Å². The van der Waals surface area contributed by atoms with Crippen molar-refractivity contribution < 1.29 is 24.5 Å². The number of hydrogen-bond donors (Lipinski definition) is 0. The van der Waals surface area contributed by atoms with Gasteiger partial charge in [-0.15, -0.1) is 29.8 Å². The summed E-state index contributed by atoms with van der Waals surface area (Å²) in [5.74, 6) is -0.273. The molecule has 0 bridgehead atoms. The zero-order valence-corrected chi connectivity index (χ0v) is 21.1. The van der Waals surface area contributed by atoms with Crippen molar-refractivity contribution in [1.29, 1.82) is 0 Å². The van der Waals surface area contributed by atoms with Crippen LogP contribution in [0.2, 0.25) is 0 Å². The number of aryl methyl sites for hydroxylation is 1. The molecule has 3 heterocycles. The summed E-state index contributed by atoms with van der Waals surface area (Å²) in [4.78, 5) is 6.69. The first-order chi connectivity index (χ1) is 16.2. The molecule has 0 radical (unpaired) electrons. The molecule has 1 unspecified atom stereocenters. The maximum absolute atomic E-state index is 13.2. The van der Waals surface area contributed by atoms with Gasteiger partial charge in [0.25, 0.3) is 0 Å². The van der Waals surface area contributed by atoms with Gasteiger partial charge >= 0.3 is 20.1 Å². The van der Waals surface area contributed by atoms with Gasteiger partial charge in [0.1, 0.15) is 0 Å². The van der Waals surface area contributed by atoms with Crippen LogP contribution >= 0.6 is 0 Å². The SMILES string of the molecule is Cc1cc(-c2[c-]ccc(F)c2)ncc1-c1ccccc1.[Ir+3].[c-]1cccc2c1C1[N-]C=CN1CC2. The molecule has 0 amide bonds. The van der Waals surface area contributed by atoms with Crippen molar-refractivity contribution >= 4 is 0 Å². The smallest absolute Gasteiger partial charge is 0.668 e. The van der Waals surface area contributed by atoms with E-state index in [1.165, 1.54) is 23.3 Å². The molecule has 0 saturated carbocycles. The molecule has 3 aromatic carbocycles. The Balaban J connectivity index is 0.000000169. The third kappa shape index (κ3) is 5.11. The fourth-order valence-corrected chi connectivity index (χ4v) is 4.21. The molecule has 2 aliphatic heterocycles. The first-order valence-electron chi connectivity index (χ1n) is 11.0. The van der Waals surface area contributed by atoms with Crippen LogP contribution in [0.25, 0.3) is 27.7 Å². The van der Waals surface area contributed by atoms with E-state index < -0.39 is 0 Å². The van der Waals surface area contributed by atoms with Gasteiger partial charge in [-0.1, -0.05) is 42.8 Å². The number of halogens is 1. The third-order valence-electron chi connectivity index (χ3n) is 5.91. The Morgan fingerprint density at radius 1 is 1.03 bits per heavy atom. The second-order valence-corrected chi connectivity index (χ2v) is 8.09. The van der Waals surface area contributed by atoms with Crippen molar-refractivity contribution in [2.75, 3.05) is 6.54 Å². The maximum Gasteiger partial charge on any atom is 3.00 e. The van der Waals surface area contributed by atoms with Gasteiger partial charge in [0, 0.05) is 24.1 Å². The van der Waals surface area contributed by atoms with Gasteiger partial charge in [-0.05, 0) is 36.1 Å². The standard InChI is InChI=1S/C18H13FN.C11H10N2.Ir/c1-13-10-18(15-8-5-9-16(19)11-15)20-12-17(13)14-6-3-2-4-7-14;1-2-4-10-9(3-1)5-7-13-8-6-12-11(10)13;/h2-7,9-12H,1H3;1-3,6,8,11H,5,7H2;/q-1;-2;+3. The summed E-state index contributed by atoms with van der Waals surface area (Å²) in [7, 11) is 0. The number of fused-ring (bicyclic) bond motifs is 3. The van der Waals surface area contributed by atoms with Crippen LogP contribution in [-0.2, 0) is 26.5 Å². The van der Waals surface area contributed by atoms with E-state index in [0.29, 0.717) is 5.56 Å². The van der Waals surface area contributed by atoms with Crippen LogP contribution in [0, 0.1) is 24.9 Å². The van der Waals surface area contributed by atoms with Crippen LogP contribution in [0.4, 0.5) is 4.39 Å². The molecule has 170 valence electrons. The quantitative estimate of drug-likeness (QED) is 0.228. The molecule has 0 fully saturated rings. The van der Waals surface area contributed by atoms with E-state index in [1.54, 1.807) is 6.07 Å². The predicted octanol–water partition coefficient (Wildman–Crippen LogP) is 6.86. The summed E-state index contributed by atoms with van der Waals surface area (Å²) in [5.41, 5.74) is 7.39. The number of rotatable bonds is 2. The predicted molar refractivity (Wildman–Crippen MR) is 130 cm³/mol. The fourth-order valence-electron chi connectivity index (χ4n) is 4.21. The topological polar surface area (TPSA) is 30.2 Å². The van der Waals surface area contributed by atoms with Crippen LogP contribution in [0.3, 0.4) is 0 Å². The van der Waals surface area contributed by atoms with Crippen LogP contribution in [0.5, 0.6) is 0 Å². The monoisotopic (exact) mass is 625 g/mol. The van der Waals surface area contributed by atoms with E-state index in [9.17, 15) is 4.39 Å². The van der Waals surface area contributed by atoms with Gasteiger partial charge in [0.2, 0.25) is 0 Å².